The zero-order valence-electron chi connectivity index (χ0n) is 15.4. The maximum Gasteiger partial charge on any atom is 0.210 e. The van der Waals surface area contributed by atoms with Crippen LogP contribution in [0.4, 0.5) is 0 Å². The van der Waals surface area contributed by atoms with Crippen LogP contribution in [0.5, 0.6) is 17.2 Å². The first-order valence-electron chi connectivity index (χ1n) is 8.72. The molecule has 2 N–H and O–H groups in total. The highest BCUT2D eigenvalue weighted by Gasteiger charge is 2.11. The number of halogens is 1. The summed E-state index contributed by atoms with van der Waals surface area (Å²) in [4.78, 5) is 0. The van der Waals surface area contributed by atoms with Gasteiger partial charge in [0.1, 0.15) is 23.9 Å². The predicted octanol–water partition coefficient (Wildman–Crippen LogP) is 3.90. The minimum atomic E-state index is 0.239. The fraction of sp³-hybridized carbons (Fsp3) is 0.263. The van der Waals surface area contributed by atoms with Crippen LogP contribution in [0.25, 0.3) is 0 Å². The molecule has 148 valence electrons. The molecule has 0 radical (unpaired) electrons. The van der Waals surface area contributed by atoms with Crippen LogP contribution in [0.1, 0.15) is 12.7 Å². The van der Waals surface area contributed by atoms with Gasteiger partial charge in [-0.15, -0.1) is 10.2 Å². The van der Waals surface area contributed by atoms with Crippen LogP contribution in [-0.2, 0) is 6.61 Å². The number of thioether (sulfide) groups is 1. The lowest BCUT2D eigenvalue weighted by Gasteiger charge is -2.08. The average Bonchev–Trinajstić information content (AvgIpc) is 3.05. The topological polar surface area (TPSA) is 84.4 Å². The molecular formula is C19H21BrN4O3S. The van der Waals surface area contributed by atoms with Crippen molar-refractivity contribution in [3.05, 3.63) is 58.8 Å². The highest BCUT2D eigenvalue weighted by molar-refractivity contribution is 9.10. The van der Waals surface area contributed by atoms with Crippen LogP contribution in [0.15, 0.2) is 58.2 Å². The minimum absolute atomic E-state index is 0.239. The number of hydrogen-bond donors (Lipinski definition) is 1. The van der Waals surface area contributed by atoms with Crippen molar-refractivity contribution in [1.29, 1.82) is 0 Å². The van der Waals surface area contributed by atoms with E-state index in [1.807, 2.05) is 55.5 Å². The highest BCUT2D eigenvalue weighted by atomic mass is 79.9. The summed E-state index contributed by atoms with van der Waals surface area (Å²) in [5.41, 5.74) is 0. The Morgan fingerprint density at radius 2 is 1.75 bits per heavy atom. The van der Waals surface area contributed by atoms with Gasteiger partial charge < -0.3 is 20.1 Å². The summed E-state index contributed by atoms with van der Waals surface area (Å²) in [6.07, 6.45) is 0. The largest absolute Gasteiger partial charge is 0.494 e. The maximum atomic E-state index is 6.06. The summed E-state index contributed by atoms with van der Waals surface area (Å²) in [5, 5.41) is 8.82. The lowest BCUT2D eigenvalue weighted by molar-refractivity contribution is 0.291. The maximum absolute atomic E-state index is 6.06. The summed E-state index contributed by atoms with van der Waals surface area (Å²) >= 11 is 4.88. The van der Waals surface area contributed by atoms with Crippen LogP contribution in [0.3, 0.4) is 0 Å². The van der Waals surface area contributed by atoms with Crippen molar-refractivity contribution in [3.63, 3.8) is 0 Å². The Hall–Kier alpha value is -2.39. The van der Waals surface area contributed by atoms with E-state index in [-0.39, 0.29) is 6.61 Å². The normalized spacial score (nSPS) is 10.6. The molecule has 0 unspecified atom stereocenters. The van der Waals surface area contributed by atoms with Crippen LogP contribution >= 0.6 is 27.7 Å². The van der Waals surface area contributed by atoms with E-state index >= 15 is 0 Å². The first-order chi connectivity index (χ1) is 13.7. The van der Waals surface area contributed by atoms with Gasteiger partial charge in [0.2, 0.25) is 5.16 Å². The van der Waals surface area contributed by atoms with Gasteiger partial charge in [0.25, 0.3) is 0 Å². The lowest BCUT2D eigenvalue weighted by Crippen LogP contribution is -2.16. The molecule has 0 saturated heterocycles. The molecule has 0 atom stereocenters. The molecule has 0 aliphatic carbocycles. The molecule has 9 heteroatoms. The van der Waals surface area contributed by atoms with Gasteiger partial charge in [-0.2, -0.15) is 0 Å². The van der Waals surface area contributed by atoms with Gasteiger partial charge in [0.05, 0.1) is 13.2 Å². The molecule has 1 aromatic heterocycles. The second-order valence-electron chi connectivity index (χ2n) is 5.62. The molecular weight excluding hydrogens is 444 g/mol. The molecule has 0 aliphatic rings. The summed E-state index contributed by atoms with van der Waals surface area (Å²) in [5.74, 6) is 9.66. The van der Waals surface area contributed by atoms with Crippen molar-refractivity contribution >= 4 is 27.7 Å². The molecule has 0 spiro atoms. The quantitative estimate of drug-likeness (QED) is 0.276. The Balaban J connectivity index is 1.43. The molecule has 28 heavy (non-hydrogen) atoms. The Morgan fingerprint density at radius 1 is 1.00 bits per heavy atom. The summed E-state index contributed by atoms with van der Waals surface area (Å²) in [6, 6.07) is 15.1. The van der Waals surface area contributed by atoms with Crippen LogP contribution < -0.4 is 20.1 Å². The van der Waals surface area contributed by atoms with E-state index < -0.39 is 0 Å². The molecule has 1 heterocycles. The van der Waals surface area contributed by atoms with Crippen molar-refractivity contribution in [2.75, 3.05) is 24.8 Å². The lowest BCUT2D eigenvalue weighted by atomic mass is 10.3. The standard InChI is InChI=1S/C19H21BrN4O3S/c1-2-25-15-6-8-16(9-7-15)26-10-11-28-19-23-22-18(24(19)21)13-27-17-5-3-4-14(20)12-17/h3-9,12H,2,10-11,13,21H2,1H3. The zero-order valence-corrected chi connectivity index (χ0v) is 17.8. The summed E-state index contributed by atoms with van der Waals surface area (Å²) < 4.78 is 19.2. The second-order valence-corrected chi connectivity index (χ2v) is 7.59. The molecule has 0 bridgehead atoms. The Kier molecular flexibility index (Phi) is 7.44. The average molecular weight is 465 g/mol. The van der Waals surface area contributed by atoms with E-state index in [0.717, 1.165) is 21.7 Å². The number of nitrogens with two attached hydrogens (primary N) is 1. The van der Waals surface area contributed by atoms with E-state index in [0.29, 0.717) is 29.9 Å². The zero-order chi connectivity index (χ0) is 19.8. The van der Waals surface area contributed by atoms with Gasteiger partial charge in [0, 0.05) is 10.2 Å². The number of ether oxygens (including phenoxy) is 3. The molecule has 0 saturated carbocycles. The number of nitrogens with zero attached hydrogens (tertiary/aromatic N) is 3. The summed E-state index contributed by atoms with van der Waals surface area (Å²) in [7, 11) is 0. The van der Waals surface area contributed by atoms with E-state index in [9.17, 15) is 0 Å². The molecule has 7 nitrogen and oxygen atoms in total. The Labute approximate surface area is 176 Å². The molecule has 0 aliphatic heterocycles. The molecule has 3 aromatic rings. The van der Waals surface area contributed by atoms with Crippen molar-refractivity contribution in [1.82, 2.24) is 14.9 Å². The van der Waals surface area contributed by atoms with Gasteiger partial charge in [-0.25, -0.2) is 4.68 Å². The van der Waals surface area contributed by atoms with Gasteiger partial charge in [-0.3, -0.25) is 0 Å². The van der Waals surface area contributed by atoms with Crippen molar-refractivity contribution in [2.45, 2.75) is 18.7 Å². The first-order valence-corrected chi connectivity index (χ1v) is 10.5. The number of nitrogen functional groups attached to an aromatic ring is 1. The van der Waals surface area contributed by atoms with Crippen molar-refractivity contribution < 1.29 is 14.2 Å². The van der Waals surface area contributed by atoms with Gasteiger partial charge in [-0.05, 0) is 49.4 Å². The van der Waals surface area contributed by atoms with Crippen molar-refractivity contribution in [2.24, 2.45) is 0 Å². The van der Waals surface area contributed by atoms with Gasteiger partial charge in [-0.1, -0.05) is 33.8 Å². The highest BCUT2D eigenvalue weighted by Crippen LogP contribution is 2.21. The molecule has 2 aromatic carbocycles. The first kappa shape index (κ1) is 20.3. The minimum Gasteiger partial charge on any atom is -0.494 e. The smallest absolute Gasteiger partial charge is 0.210 e. The monoisotopic (exact) mass is 464 g/mol. The number of rotatable bonds is 10. The number of aromatic nitrogens is 3. The Morgan fingerprint density at radius 3 is 2.46 bits per heavy atom. The van der Waals surface area contributed by atoms with Gasteiger partial charge in [0.15, 0.2) is 5.82 Å². The van der Waals surface area contributed by atoms with Crippen LogP contribution in [0.2, 0.25) is 0 Å². The van der Waals surface area contributed by atoms with Crippen molar-refractivity contribution in [3.8, 4) is 17.2 Å². The van der Waals surface area contributed by atoms with Gasteiger partial charge >= 0.3 is 0 Å². The second kappa shape index (κ2) is 10.2. The van der Waals surface area contributed by atoms with Crippen LogP contribution in [-0.4, -0.2) is 33.8 Å². The van der Waals surface area contributed by atoms with E-state index in [1.165, 1.54) is 16.4 Å². The predicted molar refractivity (Wildman–Crippen MR) is 112 cm³/mol. The third-order valence-electron chi connectivity index (χ3n) is 3.62. The SMILES string of the molecule is CCOc1ccc(OCCSc2nnc(COc3cccc(Br)c3)n2N)cc1. The number of hydrogen-bond acceptors (Lipinski definition) is 7. The Bertz CT molecular complexity index is 889. The number of benzene rings is 2. The van der Waals surface area contributed by atoms with E-state index in [4.69, 9.17) is 20.1 Å². The molecule has 0 fully saturated rings. The van der Waals surface area contributed by atoms with E-state index in [1.54, 1.807) is 0 Å². The van der Waals surface area contributed by atoms with Crippen LogP contribution in [0, 0.1) is 0 Å². The fourth-order valence-corrected chi connectivity index (χ4v) is 3.37. The van der Waals surface area contributed by atoms with E-state index in [2.05, 4.69) is 26.1 Å². The fourth-order valence-electron chi connectivity index (χ4n) is 2.30. The summed E-state index contributed by atoms with van der Waals surface area (Å²) in [6.45, 7) is 3.36. The molecule has 3 rings (SSSR count). The molecule has 0 amide bonds. The third-order valence-corrected chi connectivity index (χ3v) is 5.02. The third kappa shape index (κ3) is 5.80.